The smallest absolute Gasteiger partial charge is 0.121 e. The number of para-hydroxylation sites is 2. The van der Waals surface area contributed by atoms with E-state index in [0.717, 1.165) is 200 Å². The van der Waals surface area contributed by atoms with Gasteiger partial charge in [0.2, 0.25) is 0 Å². The minimum atomic E-state index is -0.202. The summed E-state index contributed by atoms with van der Waals surface area (Å²) in [5.41, 5.74) is 33.5. The third-order valence-corrected chi connectivity index (χ3v) is 27.9. The molecule has 0 unspecified atom stereocenters. The van der Waals surface area contributed by atoms with E-state index in [2.05, 4.69) is 0 Å². The molecule has 0 saturated carbocycles. The molecule has 18 aromatic rings. The number of phenols is 18. The SMILES string of the molecule is Cc1cc(C(c2cc(C)c(O)c(C)c2)c2ccccc2O)cc(C)c1O.Cc1cc(C(c2cc(C)c(O)cc2C)c2ccccc2O)c(C)cc1O.Cc1cc(C(c2ccc(O)cc2)c2cc(C)c(O)c(C)c2)cc(C)c1O.Cc1cc(C(c2ccc(O)cc2)c2cc(C)c(O)cc2C)c(C)cc1O.Cc1cc(C(c2ccc(O)cc2)c2ccc(O)c(C)c2)ccc1O.Oc1ccc(C(c2ccc(O)cc2)c2ccc(O)cc2)cc1. The van der Waals surface area contributed by atoms with Crippen LogP contribution in [-0.4, -0.2) is 91.9 Å². The molecule has 18 N–H and O–H groups in total. The fraction of sp³-hybridized carbons (Fsp3) is 0.182. The minimum Gasteiger partial charge on any atom is -0.508 e. The van der Waals surface area contributed by atoms with E-state index in [0.29, 0.717) is 23.0 Å². The predicted molar refractivity (Wildman–Crippen MR) is 597 cm³/mol. The van der Waals surface area contributed by atoms with Crippen LogP contribution in [0, 0.1) is 125 Å². The van der Waals surface area contributed by atoms with Crippen LogP contribution in [0.3, 0.4) is 0 Å². The van der Waals surface area contributed by atoms with Crippen molar-refractivity contribution in [2.75, 3.05) is 0 Å². The average molecular weight is 2010 g/mol. The van der Waals surface area contributed by atoms with Crippen LogP contribution >= 0.6 is 0 Å². The van der Waals surface area contributed by atoms with Crippen molar-refractivity contribution < 1.29 is 91.9 Å². The first kappa shape index (κ1) is 110. The fourth-order valence-electron chi connectivity index (χ4n) is 19.7. The van der Waals surface area contributed by atoms with Gasteiger partial charge in [-0.05, 0) is 435 Å². The number of hydrogen-bond donors (Lipinski definition) is 18. The molecule has 18 heteroatoms. The molecule has 18 rings (SSSR count). The lowest BCUT2D eigenvalue weighted by atomic mass is 9.79. The summed E-state index contributed by atoms with van der Waals surface area (Å²) in [5.74, 6) is 4.04. The lowest BCUT2D eigenvalue weighted by molar-refractivity contribution is 0.463. The van der Waals surface area contributed by atoms with Gasteiger partial charge in [0, 0.05) is 46.6 Å². The van der Waals surface area contributed by atoms with Crippen LogP contribution in [0.2, 0.25) is 0 Å². The first-order valence-electron chi connectivity index (χ1n) is 49.5. The lowest BCUT2D eigenvalue weighted by Gasteiger charge is -2.25. The van der Waals surface area contributed by atoms with Crippen molar-refractivity contribution in [2.45, 2.75) is 160 Å². The molecule has 0 atom stereocenters. The van der Waals surface area contributed by atoms with Crippen molar-refractivity contribution in [3.63, 3.8) is 0 Å². The third kappa shape index (κ3) is 25.9. The Morgan fingerprint density at radius 2 is 0.287 bits per heavy atom. The number of aromatic hydroxyl groups is 18. The van der Waals surface area contributed by atoms with Crippen LogP contribution in [0.5, 0.6) is 103 Å². The zero-order chi connectivity index (χ0) is 109. The van der Waals surface area contributed by atoms with E-state index >= 15 is 0 Å². The normalized spacial score (nSPS) is 11.0. The van der Waals surface area contributed by atoms with Gasteiger partial charge in [-0.1, -0.05) is 206 Å². The Morgan fingerprint density at radius 3 is 0.513 bits per heavy atom. The Balaban J connectivity index is 0.000000150. The Hall–Kier alpha value is -17.6. The second-order valence-electron chi connectivity index (χ2n) is 39.4. The highest BCUT2D eigenvalue weighted by atomic mass is 16.3. The van der Waals surface area contributed by atoms with E-state index in [1.54, 1.807) is 133 Å². The van der Waals surface area contributed by atoms with Crippen molar-refractivity contribution in [3.8, 4) is 103 Å². The van der Waals surface area contributed by atoms with E-state index in [1.165, 1.54) is 0 Å². The van der Waals surface area contributed by atoms with Gasteiger partial charge in [0.15, 0.2) is 0 Å². The van der Waals surface area contributed by atoms with E-state index in [-0.39, 0.29) is 116 Å². The number of hydrogen-bond acceptors (Lipinski definition) is 18. The maximum absolute atomic E-state index is 10.5. The first-order valence-corrected chi connectivity index (χ1v) is 49.5. The molecule has 0 spiro atoms. The maximum atomic E-state index is 10.5. The summed E-state index contributed by atoms with van der Waals surface area (Å²) in [7, 11) is 0. The van der Waals surface area contributed by atoms with Crippen molar-refractivity contribution in [3.05, 3.63) is 528 Å². The van der Waals surface area contributed by atoms with Crippen LogP contribution < -0.4 is 0 Å². The van der Waals surface area contributed by atoms with Crippen molar-refractivity contribution >= 4 is 0 Å². The van der Waals surface area contributed by atoms with Crippen LogP contribution in [-0.2, 0) is 0 Å². The maximum Gasteiger partial charge on any atom is 0.121 e. The van der Waals surface area contributed by atoms with Gasteiger partial charge in [0.05, 0.1) is 0 Å². The van der Waals surface area contributed by atoms with Crippen LogP contribution in [0.25, 0.3) is 0 Å². The van der Waals surface area contributed by atoms with Gasteiger partial charge >= 0.3 is 0 Å². The Labute approximate surface area is 877 Å². The molecule has 0 aliphatic carbocycles. The van der Waals surface area contributed by atoms with E-state index in [4.69, 9.17) is 0 Å². The summed E-state index contributed by atoms with van der Waals surface area (Å²) < 4.78 is 0. The average Bonchev–Trinajstić information content (AvgIpc) is 0.776. The molecule has 0 radical (unpaired) electrons. The molecule has 0 fully saturated rings. The Morgan fingerprint density at radius 1 is 0.113 bits per heavy atom. The summed E-state index contributed by atoms with van der Waals surface area (Å²) >= 11 is 0. The number of phenolic OH excluding ortho intramolecular Hbond substituents is 18. The van der Waals surface area contributed by atoms with Gasteiger partial charge < -0.3 is 91.9 Å². The summed E-state index contributed by atoms with van der Waals surface area (Å²) in [6.07, 6.45) is 0. The number of rotatable bonds is 18. The molecular weight excluding hydrogens is 1870 g/mol. The Bertz CT molecular complexity index is 7380. The number of benzene rings is 18. The monoisotopic (exact) mass is 2000 g/mol. The molecule has 0 amide bonds. The first-order chi connectivity index (χ1) is 71.2. The highest BCUT2D eigenvalue weighted by Crippen LogP contribution is 2.48. The highest BCUT2D eigenvalue weighted by Gasteiger charge is 2.30. The van der Waals surface area contributed by atoms with Gasteiger partial charge in [-0.2, -0.15) is 0 Å². The molecule has 0 heterocycles. The molecule has 768 valence electrons. The molecule has 0 bridgehead atoms. The second kappa shape index (κ2) is 47.7. The minimum absolute atomic E-state index is 0.0400. The standard InChI is InChI=1S/4C23H24O3.C21H20O3.C19H16O3/c1-13-11-21(25)15(3)9-19(13)23(17-5-7-18(24)8-6-17)20-10-16(4)22(26)12-14(20)2;1-13-9-18(10-14(2)22(13)25)21(17-5-7-20(24)8-6-17)19-11-15(3)23(26)16(4)12-19;1-13-11-21(25)15(3)9-18(13)23(17-7-5-6-8-20(17)24)19-10-16(4)22(26)12-14(19)2;1-13-9-17(10-14(2)22(13)25)21(19-7-5-6-8-20(19)24)18-11-15(3)23(26)16(4)12-18;1-13-11-16(5-9-19(13)23)21(15-3-7-18(22)8-4-15)17-6-10-20(24)14(2)12-17;20-16-7-1-13(2-8-16)19(14-3-9-17(21)10-4-14)15-5-11-18(22)12-6-15/h5-12,23-26H,1-4H3;5-12,21,24-26H,1-4H3;5-12,23-26H,1-4H3;5-12,21,24-26H,1-4H3;3-12,21-24H,1-2H3;1-12,19-22H. The quantitative estimate of drug-likeness (QED) is 0.0355. The predicted octanol–water partition coefficient (Wildman–Crippen LogP) is 29.5. The molecule has 0 aromatic heterocycles. The van der Waals surface area contributed by atoms with Crippen molar-refractivity contribution in [1.82, 2.24) is 0 Å². The van der Waals surface area contributed by atoms with E-state index in [9.17, 15) is 91.9 Å². The van der Waals surface area contributed by atoms with Crippen LogP contribution in [0.4, 0.5) is 0 Å². The van der Waals surface area contributed by atoms with Gasteiger partial charge in [0.25, 0.3) is 0 Å². The molecule has 0 aliphatic heterocycles. The van der Waals surface area contributed by atoms with Crippen LogP contribution in [0.15, 0.2) is 328 Å². The Kier molecular flexibility index (Phi) is 34.8. The van der Waals surface area contributed by atoms with Gasteiger partial charge in [-0.25, -0.2) is 0 Å². The van der Waals surface area contributed by atoms with E-state index < -0.39 is 0 Å². The molecule has 150 heavy (non-hydrogen) atoms. The van der Waals surface area contributed by atoms with Crippen LogP contribution in [0.1, 0.15) is 236 Å². The summed E-state index contributed by atoms with van der Waals surface area (Å²) in [6.45, 7) is 34.3. The molecule has 18 aromatic carbocycles. The van der Waals surface area contributed by atoms with Gasteiger partial charge in [-0.3, -0.25) is 0 Å². The summed E-state index contributed by atoms with van der Waals surface area (Å²) in [4.78, 5) is 0. The molecule has 0 saturated heterocycles. The van der Waals surface area contributed by atoms with Crippen molar-refractivity contribution in [1.29, 1.82) is 0 Å². The zero-order valence-corrected chi connectivity index (χ0v) is 87.7. The fourth-order valence-corrected chi connectivity index (χ4v) is 19.7. The number of aryl methyl sites for hydroxylation is 18. The second-order valence-corrected chi connectivity index (χ2v) is 39.4. The lowest BCUT2D eigenvalue weighted by Crippen LogP contribution is -2.08. The zero-order valence-electron chi connectivity index (χ0n) is 87.7. The summed E-state index contributed by atoms with van der Waals surface area (Å²) in [6, 6.07) is 99.4. The van der Waals surface area contributed by atoms with E-state index in [1.807, 2.05) is 319 Å². The largest absolute Gasteiger partial charge is 0.508 e. The van der Waals surface area contributed by atoms with Gasteiger partial charge in [-0.15, -0.1) is 0 Å². The highest BCUT2D eigenvalue weighted by molar-refractivity contribution is 5.63. The third-order valence-electron chi connectivity index (χ3n) is 27.9. The summed E-state index contributed by atoms with van der Waals surface area (Å²) in [5, 5.41) is 179. The van der Waals surface area contributed by atoms with Crippen molar-refractivity contribution in [2.24, 2.45) is 0 Å². The molecule has 18 nitrogen and oxygen atoms in total. The van der Waals surface area contributed by atoms with Gasteiger partial charge in [0.1, 0.15) is 103 Å². The topological polar surface area (TPSA) is 364 Å². The molecule has 0 aliphatic rings. The molecular formula is C132H132O18.